The second kappa shape index (κ2) is 23.7. The fourth-order valence-electron chi connectivity index (χ4n) is 8.35. The summed E-state index contributed by atoms with van der Waals surface area (Å²) in [6.07, 6.45) is -3.55. The molecule has 13 atom stereocenters. The van der Waals surface area contributed by atoms with Gasteiger partial charge in [0.25, 0.3) is 0 Å². The zero-order valence-electron chi connectivity index (χ0n) is 32.9. The summed E-state index contributed by atoms with van der Waals surface area (Å²) in [5.41, 5.74) is -6.13. The van der Waals surface area contributed by atoms with Crippen LogP contribution >= 0.6 is 0 Å². The van der Waals surface area contributed by atoms with Crippen molar-refractivity contribution in [2.75, 3.05) is 0 Å². The van der Waals surface area contributed by atoms with Crippen LogP contribution in [0.1, 0.15) is 163 Å². The van der Waals surface area contributed by atoms with E-state index in [9.17, 15) is 55.5 Å². The third kappa shape index (κ3) is 12.1. The molecule has 0 saturated carbocycles. The topological polar surface area (TPSA) is 235 Å². The van der Waals surface area contributed by atoms with Gasteiger partial charge >= 0.3 is 5.97 Å². The molecule has 0 radical (unpaired) electrons. The number of aliphatic carboxylic acids is 1. The van der Waals surface area contributed by atoms with Crippen LogP contribution in [0.15, 0.2) is 0 Å². The minimum Gasteiger partial charge on any atom is -0.481 e. The van der Waals surface area contributed by atoms with E-state index in [0.29, 0.717) is 25.7 Å². The van der Waals surface area contributed by atoms with E-state index in [1.807, 2.05) is 0 Å². The third-order valence-electron chi connectivity index (χ3n) is 11.9. The van der Waals surface area contributed by atoms with Crippen molar-refractivity contribution in [3.8, 4) is 0 Å². The van der Waals surface area contributed by atoms with Crippen LogP contribution in [-0.4, -0.2) is 130 Å². The number of hydrogen-bond donors (Lipinski definition) is 9. The number of rotatable bonds is 27. The molecular formula is C40H74O13. The van der Waals surface area contributed by atoms with Crippen molar-refractivity contribution in [1.82, 2.24) is 0 Å². The van der Waals surface area contributed by atoms with Crippen LogP contribution in [0, 0.1) is 5.41 Å². The molecule has 0 spiro atoms. The minimum absolute atomic E-state index is 0.102. The molecule has 2 fully saturated rings. The van der Waals surface area contributed by atoms with Crippen LogP contribution in [-0.2, 0) is 19.1 Å². The number of hydrogen-bond acceptors (Lipinski definition) is 12. The van der Waals surface area contributed by atoms with Crippen LogP contribution in [0.4, 0.5) is 0 Å². The molecule has 0 aromatic rings. The average Bonchev–Trinajstić information content (AvgIpc) is 3.13. The van der Waals surface area contributed by atoms with E-state index in [1.165, 1.54) is 33.1 Å². The summed E-state index contributed by atoms with van der Waals surface area (Å²) >= 11 is 0. The van der Waals surface area contributed by atoms with Crippen LogP contribution in [0.3, 0.4) is 0 Å². The summed E-state index contributed by atoms with van der Waals surface area (Å²) in [6.45, 7) is 6.98. The number of carbonyl (C=O) groups excluding carboxylic acids is 1. The van der Waals surface area contributed by atoms with Gasteiger partial charge in [0.2, 0.25) is 0 Å². The lowest BCUT2D eigenvalue weighted by Gasteiger charge is -2.55. The second-order valence-corrected chi connectivity index (χ2v) is 15.9. The highest BCUT2D eigenvalue weighted by Crippen LogP contribution is 2.50. The van der Waals surface area contributed by atoms with Crippen LogP contribution in [0.2, 0.25) is 0 Å². The Morgan fingerprint density at radius 1 is 0.566 bits per heavy atom. The Bertz CT molecular complexity index is 1050. The number of carbonyl (C=O) groups is 2. The highest BCUT2D eigenvalue weighted by atomic mass is 16.6. The van der Waals surface area contributed by atoms with Crippen molar-refractivity contribution >= 4 is 11.8 Å². The summed E-state index contributed by atoms with van der Waals surface area (Å²) < 4.78 is 11.5. The molecule has 5 unspecified atom stereocenters. The van der Waals surface area contributed by atoms with E-state index in [0.717, 1.165) is 70.6 Å². The van der Waals surface area contributed by atoms with E-state index in [-0.39, 0.29) is 12.8 Å². The zero-order valence-corrected chi connectivity index (χ0v) is 32.9. The Balaban J connectivity index is 2.52. The Labute approximate surface area is 317 Å². The van der Waals surface area contributed by atoms with Crippen molar-refractivity contribution in [3.05, 3.63) is 0 Å². The average molecular weight is 763 g/mol. The smallest absolute Gasteiger partial charge is 0.318 e. The van der Waals surface area contributed by atoms with Gasteiger partial charge in [0, 0.05) is 0 Å². The number of carboxylic acid groups (broad SMARTS) is 1. The SMILES string of the molecule is CCCCCCCCCCCCC(O)(C(=O)C1O[C@@H](C)[C@H](O)[C@@H](O)[C@H]1O)C(C(=O)O)(C(O)CCCCCCCCCCC)C1O[C@@H](C)[C@H](O)[C@@H](O)[C@H]1O. The molecule has 2 saturated heterocycles. The lowest BCUT2D eigenvalue weighted by Crippen LogP contribution is -2.76. The normalized spacial score (nSPS) is 32.2. The second-order valence-electron chi connectivity index (χ2n) is 15.9. The summed E-state index contributed by atoms with van der Waals surface area (Å²) in [7, 11) is 0. The maximum atomic E-state index is 14.7. The van der Waals surface area contributed by atoms with Gasteiger partial charge in [0.05, 0.1) is 18.3 Å². The van der Waals surface area contributed by atoms with Gasteiger partial charge in [0.1, 0.15) is 54.4 Å². The van der Waals surface area contributed by atoms with Gasteiger partial charge in [-0.05, 0) is 26.7 Å². The molecule has 2 rings (SSSR count). The molecule has 0 bridgehead atoms. The first-order valence-corrected chi connectivity index (χ1v) is 20.7. The number of ketones is 1. The molecule has 2 heterocycles. The molecule has 0 aromatic carbocycles. The van der Waals surface area contributed by atoms with Gasteiger partial charge < -0.3 is 55.4 Å². The van der Waals surface area contributed by atoms with Crippen LogP contribution in [0.5, 0.6) is 0 Å². The number of carboxylic acids is 1. The first-order valence-electron chi connectivity index (χ1n) is 20.7. The molecule has 2 aliphatic heterocycles. The Hall–Kier alpha value is -1.26. The standard InChI is InChI=1S/C40H74O13/c1-5-7-9-11-13-15-17-19-21-23-25-39(51,36(48)35-33(46)31(44)29(42)26(3)52-35)40(38(49)50,37-34(47)32(45)30(43)27(4)53-37)28(41)24-22-20-18-16-14-12-10-8-6-2/h26-35,37,41-47,51H,5-25H2,1-4H3,(H,49,50)/t26-,27-,28?,29-,30-,31+,32+,33+,34+,35?,37?,39?,40?/m0/s1. The fraction of sp³-hybridized carbons (Fsp3) is 0.950. The Morgan fingerprint density at radius 3 is 1.42 bits per heavy atom. The molecule has 0 aliphatic carbocycles. The van der Waals surface area contributed by atoms with E-state index in [2.05, 4.69) is 13.8 Å². The van der Waals surface area contributed by atoms with Crippen LogP contribution in [0.25, 0.3) is 0 Å². The summed E-state index contributed by atoms with van der Waals surface area (Å²) in [6, 6.07) is 0. The molecule has 53 heavy (non-hydrogen) atoms. The first kappa shape index (κ1) is 47.9. The number of ether oxygens (including phenoxy) is 2. The number of Topliss-reactive ketones (excluding diaryl/α,β-unsaturated/α-hetero) is 1. The monoisotopic (exact) mass is 763 g/mol. The molecule has 13 heteroatoms. The quantitative estimate of drug-likeness (QED) is 0.0544. The maximum Gasteiger partial charge on any atom is 0.318 e. The van der Waals surface area contributed by atoms with Gasteiger partial charge in [0.15, 0.2) is 11.2 Å². The molecule has 0 aromatic heterocycles. The van der Waals surface area contributed by atoms with Gasteiger partial charge in [-0.2, -0.15) is 0 Å². The molecule has 0 amide bonds. The van der Waals surface area contributed by atoms with Crippen molar-refractivity contribution < 1.29 is 65.0 Å². The molecular weight excluding hydrogens is 688 g/mol. The number of unbranched alkanes of at least 4 members (excludes halogenated alkanes) is 17. The van der Waals surface area contributed by atoms with Crippen LogP contribution < -0.4 is 0 Å². The van der Waals surface area contributed by atoms with E-state index in [1.54, 1.807) is 0 Å². The highest BCUT2D eigenvalue weighted by Gasteiger charge is 2.72. The first-order chi connectivity index (χ1) is 25.1. The van der Waals surface area contributed by atoms with Gasteiger partial charge in [-0.3, -0.25) is 9.59 Å². The van der Waals surface area contributed by atoms with Crippen molar-refractivity contribution in [2.24, 2.45) is 5.41 Å². The van der Waals surface area contributed by atoms with Gasteiger partial charge in [-0.1, -0.05) is 136 Å². The predicted octanol–water partition coefficient (Wildman–Crippen LogP) is 3.69. The summed E-state index contributed by atoms with van der Waals surface area (Å²) in [4.78, 5) is 28.6. The zero-order chi connectivity index (χ0) is 39.8. The van der Waals surface area contributed by atoms with Crippen molar-refractivity contribution in [1.29, 1.82) is 0 Å². The molecule has 2 aliphatic rings. The third-order valence-corrected chi connectivity index (χ3v) is 11.9. The number of aliphatic hydroxyl groups is 8. The van der Waals surface area contributed by atoms with E-state index < -0.39 is 96.3 Å². The lowest BCUT2D eigenvalue weighted by atomic mass is 9.57. The lowest BCUT2D eigenvalue weighted by molar-refractivity contribution is -0.291. The molecule has 312 valence electrons. The predicted molar refractivity (Wildman–Crippen MR) is 199 cm³/mol. The Kier molecular flexibility index (Phi) is 21.4. The fourth-order valence-corrected chi connectivity index (χ4v) is 8.35. The molecule has 9 N–H and O–H groups in total. The largest absolute Gasteiger partial charge is 0.481 e. The highest BCUT2D eigenvalue weighted by molar-refractivity contribution is 5.98. The summed E-state index contributed by atoms with van der Waals surface area (Å²) in [5, 5.41) is 101. The van der Waals surface area contributed by atoms with E-state index in [4.69, 9.17) is 9.47 Å². The summed E-state index contributed by atoms with van der Waals surface area (Å²) in [5.74, 6) is -3.25. The van der Waals surface area contributed by atoms with Gasteiger partial charge in [-0.15, -0.1) is 0 Å². The minimum atomic E-state index is -3.10. The van der Waals surface area contributed by atoms with Gasteiger partial charge in [-0.25, -0.2) is 0 Å². The van der Waals surface area contributed by atoms with Crippen molar-refractivity contribution in [2.45, 2.75) is 235 Å². The van der Waals surface area contributed by atoms with Crippen molar-refractivity contribution in [3.63, 3.8) is 0 Å². The Morgan fingerprint density at radius 2 is 0.962 bits per heavy atom. The maximum absolute atomic E-state index is 14.7. The molecule has 13 nitrogen and oxygen atoms in total. The number of aliphatic hydroxyl groups excluding tert-OH is 7. The van der Waals surface area contributed by atoms with E-state index >= 15 is 0 Å².